The number of hydrogen-bond donors (Lipinski definition) is 1. The standard InChI is InChI=1S/C23H24ClNO3/c1-13-9-19(14(2)26)23-20(10-13)18-8-5-16(11-21(27)28)22(18)25(23)12-15-3-6-17(24)7-4-15/h3-4,6,9-10,16-17H,5,7-8,11-12H2,1-2H3,(H,27,28)/t16-,17?/m1/s1. The Bertz CT molecular complexity index is 1040. The number of rotatable bonds is 5. The third-order valence-corrected chi connectivity index (χ3v) is 6.17. The summed E-state index contributed by atoms with van der Waals surface area (Å²) in [7, 11) is 0. The minimum absolute atomic E-state index is 0.0195. The predicted octanol–water partition coefficient (Wildman–Crippen LogP) is 5.15. The van der Waals surface area contributed by atoms with Crippen molar-refractivity contribution in [1.82, 2.24) is 4.57 Å². The number of halogens is 1. The number of carboxylic acid groups (broad SMARTS) is 1. The molecule has 0 radical (unpaired) electrons. The highest BCUT2D eigenvalue weighted by Crippen LogP contribution is 2.43. The number of fused-ring (bicyclic) bond motifs is 3. The second kappa shape index (κ2) is 7.25. The number of carbonyl (C=O) groups excluding carboxylic acids is 1. The SMILES string of the molecule is CC(=O)c1cc(C)cc2c3c(n(CC4=CCC(Cl)C=C4)c12)[C@@H](CC(=O)O)CC3. The van der Waals surface area contributed by atoms with E-state index in [1.54, 1.807) is 6.92 Å². The highest BCUT2D eigenvalue weighted by Gasteiger charge is 2.32. The summed E-state index contributed by atoms with van der Waals surface area (Å²) >= 11 is 6.17. The summed E-state index contributed by atoms with van der Waals surface area (Å²) in [5.74, 6) is -0.761. The van der Waals surface area contributed by atoms with Crippen LogP contribution in [0.25, 0.3) is 10.9 Å². The normalized spacial score (nSPS) is 21.0. The number of aryl methyl sites for hydroxylation is 2. The van der Waals surface area contributed by atoms with E-state index < -0.39 is 5.97 Å². The molecule has 1 aromatic heterocycles. The lowest BCUT2D eigenvalue weighted by atomic mass is 10.0. The van der Waals surface area contributed by atoms with Crippen LogP contribution in [-0.2, 0) is 17.8 Å². The lowest BCUT2D eigenvalue weighted by Crippen LogP contribution is -2.13. The molecule has 5 heteroatoms. The molecule has 28 heavy (non-hydrogen) atoms. The number of benzene rings is 1. The average molecular weight is 398 g/mol. The monoisotopic (exact) mass is 397 g/mol. The van der Waals surface area contributed by atoms with Gasteiger partial charge in [-0.05, 0) is 61.9 Å². The molecule has 2 aliphatic rings. The zero-order valence-electron chi connectivity index (χ0n) is 16.2. The lowest BCUT2D eigenvalue weighted by Gasteiger charge is -2.19. The fourth-order valence-corrected chi connectivity index (χ4v) is 4.85. The van der Waals surface area contributed by atoms with Crippen LogP contribution in [0, 0.1) is 6.92 Å². The zero-order chi connectivity index (χ0) is 20.0. The molecule has 146 valence electrons. The summed E-state index contributed by atoms with van der Waals surface area (Å²) in [5, 5.41) is 10.5. The maximum absolute atomic E-state index is 12.4. The third kappa shape index (κ3) is 3.30. The Kier molecular flexibility index (Phi) is 4.92. The zero-order valence-corrected chi connectivity index (χ0v) is 16.9. The summed E-state index contributed by atoms with van der Waals surface area (Å²) in [4.78, 5) is 23.9. The molecular formula is C23H24ClNO3. The van der Waals surface area contributed by atoms with E-state index in [1.807, 2.05) is 25.1 Å². The van der Waals surface area contributed by atoms with Crippen LogP contribution >= 0.6 is 11.6 Å². The van der Waals surface area contributed by atoms with Crippen LogP contribution in [0.15, 0.2) is 35.9 Å². The van der Waals surface area contributed by atoms with E-state index >= 15 is 0 Å². The van der Waals surface area contributed by atoms with Gasteiger partial charge < -0.3 is 9.67 Å². The van der Waals surface area contributed by atoms with Crippen molar-refractivity contribution in [2.24, 2.45) is 0 Å². The lowest BCUT2D eigenvalue weighted by molar-refractivity contribution is -0.137. The number of ketones is 1. The van der Waals surface area contributed by atoms with E-state index in [2.05, 4.69) is 16.7 Å². The van der Waals surface area contributed by atoms with Crippen LogP contribution < -0.4 is 0 Å². The minimum atomic E-state index is -0.778. The van der Waals surface area contributed by atoms with E-state index in [0.29, 0.717) is 12.1 Å². The second-order valence-electron chi connectivity index (χ2n) is 7.94. The largest absolute Gasteiger partial charge is 0.481 e. The first-order valence-corrected chi connectivity index (χ1v) is 10.2. The van der Waals surface area contributed by atoms with Crippen LogP contribution in [0.2, 0.25) is 0 Å². The van der Waals surface area contributed by atoms with Gasteiger partial charge in [0.25, 0.3) is 0 Å². The number of nitrogens with zero attached hydrogens (tertiary/aromatic N) is 1. The highest BCUT2D eigenvalue weighted by molar-refractivity contribution is 6.22. The Morgan fingerprint density at radius 1 is 1.32 bits per heavy atom. The van der Waals surface area contributed by atoms with Crippen molar-refractivity contribution in [2.75, 3.05) is 0 Å². The topological polar surface area (TPSA) is 59.3 Å². The number of carboxylic acids is 1. The van der Waals surface area contributed by atoms with Gasteiger partial charge in [0.2, 0.25) is 0 Å². The smallest absolute Gasteiger partial charge is 0.304 e. The predicted molar refractivity (Wildman–Crippen MR) is 111 cm³/mol. The van der Waals surface area contributed by atoms with Gasteiger partial charge in [-0.15, -0.1) is 11.6 Å². The van der Waals surface area contributed by atoms with Crippen molar-refractivity contribution in [3.8, 4) is 0 Å². The van der Waals surface area contributed by atoms with E-state index in [9.17, 15) is 14.7 Å². The second-order valence-corrected chi connectivity index (χ2v) is 8.50. The third-order valence-electron chi connectivity index (χ3n) is 5.84. The average Bonchev–Trinajstić information content (AvgIpc) is 3.16. The number of aliphatic carboxylic acids is 1. The Balaban J connectivity index is 1.93. The molecule has 2 aliphatic carbocycles. The molecule has 0 fully saturated rings. The number of alkyl halides is 1. The molecule has 1 unspecified atom stereocenters. The molecule has 2 aromatic rings. The number of Topliss-reactive ketones (excluding diaryl/α,β-unsaturated/α-hetero) is 1. The van der Waals surface area contributed by atoms with Gasteiger partial charge >= 0.3 is 5.97 Å². The first-order chi connectivity index (χ1) is 13.3. The Hall–Kier alpha value is -2.33. The highest BCUT2D eigenvalue weighted by atomic mass is 35.5. The van der Waals surface area contributed by atoms with Crippen molar-refractivity contribution in [1.29, 1.82) is 0 Å². The van der Waals surface area contributed by atoms with E-state index in [-0.39, 0.29) is 23.5 Å². The molecule has 0 bridgehead atoms. The van der Waals surface area contributed by atoms with Gasteiger partial charge in [-0.2, -0.15) is 0 Å². The molecule has 1 heterocycles. The fraction of sp³-hybridized carbons (Fsp3) is 0.391. The van der Waals surface area contributed by atoms with E-state index in [4.69, 9.17) is 11.6 Å². The molecule has 0 saturated heterocycles. The van der Waals surface area contributed by atoms with Gasteiger partial charge in [0, 0.05) is 29.1 Å². The van der Waals surface area contributed by atoms with Crippen LogP contribution in [0.3, 0.4) is 0 Å². The molecule has 1 aromatic carbocycles. The van der Waals surface area contributed by atoms with Crippen LogP contribution in [0.4, 0.5) is 0 Å². The van der Waals surface area contributed by atoms with E-state index in [1.165, 1.54) is 5.56 Å². The quantitative estimate of drug-likeness (QED) is 0.560. The summed E-state index contributed by atoms with van der Waals surface area (Å²) < 4.78 is 2.20. The molecule has 1 N–H and O–H groups in total. The maximum atomic E-state index is 12.4. The molecule has 4 rings (SSSR count). The molecular weight excluding hydrogens is 374 g/mol. The van der Waals surface area contributed by atoms with Gasteiger partial charge in [0.15, 0.2) is 5.78 Å². The number of hydrogen-bond acceptors (Lipinski definition) is 2. The molecule has 4 nitrogen and oxygen atoms in total. The Labute approximate surface area is 169 Å². The van der Waals surface area contributed by atoms with Crippen LogP contribution in [0.5, 0.6) is 0 Å². The van der Waals surface area contributed by atoms with Gasteiger partial charge in [-0.3, -0.25) is 9.59 Å². The maximum Gasteiger partial charge on any atom is 0.304 e. The Morgan fingerprint density at radius 3 is 2.75 bits per heavy atom. The minimum Gasteiger partial charge on any atom is -0.481 e. The van der Waals surface area contributed by atoms with Gasteiger partial charge in [0.05, 0.1) is 17.3 Å². The number of carbonyl (C=O) groups is 2. The molecule has 0 aliphatic heterocycles. The summed E-state index contributed by atoms with van der Waals surface area (Å²) in [6.07, 6.45) is 8.78. The summed E-state index contributed by atoms with van der Waals surface area (Å²) in [6, 6.07) is 4.09. The van der Waals surface area contributed by atoms with Gasteiger partial charge in [0.1, 0.15) is 0 Å². The molecule has 2 atom stereocenters. The Morgan fingerprint density at radius 2 is 2.11 bits per heavy atom. The summed E-state index contributed by atoms with van der Waals surface area (Å²) in [5.41, 5.74) is 6.17. The first-order valence-electron chi connectivity index (χ1n) is 9.74. The van der Waals surface area contributed by atoms with Crippen LogP contribution in [-0.4, -0.2) is 26.8 Å². The van der Waals surface area contributed by atoms with Crippen LogP contribution in [0.1, 0.15) is 59.3 Å². The first kappa shape index (κ1) is 19.0. The fourth-order valence-electron chi connectivity index (χ4n) is 4.69. The molecule has 0 amide bonds. The summed E-state index contributed by atoms with van der Waals surface area (Å²) in [6.45, 7) is 4.24. The van der Waals surface area contributed by atoms with Crippen molar-refractivity contribution in [2.45, 2.75) is 57.4 Å². The van der Waals surface area contributed by atoms with Gasteiger partial charge in [-0.25, -0.2) is 0 Å². The molecule has 0 saturated carbocycles. The number of aromatic nitrogens is 1. The van der Waals surface area contributed by atoms with Crippen molar-refractivity contribution in [3.63, 3.8) is 0 Å². The van der Waals surface area contributed by atoms with Gasteiger partial charge in [-0.1, -0.05) is 18.2 Å². The van der Waals surface area contributed by atoms with Crippen molar-refractivity contribution >= 4 is 34.3 Å². The number of allylic oxidation sites excluding steroid dienone is 4. The molecule has 0 spiro atoms. The van der Waals surface area contributed by atoms with E-state index in [0.717, 1.165) is 47.0 Å². The van der Waals surface area contributed by atoms with Crippen molar-refractivity contribution < 1.29 is 14.7 Å². The van der Waals surface area contributed by atoms with Crippen molar-refractivity contribution in [3.05, 3.63) is 58.3 Å².